The van der Waals surface area contributed by atoms with E-state index in [0.29, 0.717) is 0 Å². The van der Waals surface area contributed by atoms with Crippen LogP contribution in [0.3, 0.4) is 0 Å². The van der Waals surface area contributed by atoms with Gasteiger partial charge in [0, 0.05) is 12.4 Å². The first-order chi connectivity index (χ1) is 7.40. The third kappa shape index (κ3) is 2.20. The number of aromatic nitrogens is 1. The third-order valence-corrected chi connectivity index (χ3v) is 2.11. The fraction of sp³-hybridized carbons (Fsp3) is 0. The molecule has 0 atom stereocenters. The third-order valence-electron chi connectivity index (χ3n) is 2.11. The molecule has 0 spiro atoms. The molecule has 15 heavy (non-hydrogen) atoms. The van der Waals surface area contributed by atoms with E-state index in [1.807, 2.05) is 36.4 Å². The van der Waals surface area contributed by atoms with Crippen LogP contribution < -0.4 is 0 Å². The minimum atomic E-state index is 0.867. The molecule has 74 valence electrons. The summed E-state index contributed by atoms with van der Waals surface area (Å²) in [7, 11) is 0. The van der Waals surface area contributed by atoms with Crippen LogP contribution in [0, 0.1) is 0 Å². The van der Waals surface area contributed by atoms with Gasteiger partial charge in [0.1, 0.15) is 0 Å². The summed E-state index contributed by atoms with van der Waals surface area (Å²) >= 11 is 0. The van der Waals surface area contributed by atoms with Crippen LogP contribution >= 0.6 is 0 Å². The molecule has 0 fully saturated rings. The van der Waals surface area contributed by atoms with Gasteiger partial charge in [-0.15, -0.1) is 0 Å². The lowest BCUT2D eigenvalue weighted by molar-refractivity contribution is 0.322. The molecule has 1 aromatic heterocycles. The van der Waals surface area contributed by atoms with Gasteiger partial charge in [0.25, 0.3) is 0 Å². The van der Waals surface area contributed by atoms with Gasteiger partial charge in [-0.1, -0.05) is 23.4 Å². The van der Waals surface area contributed by atoms with Crippen molar-refractivity contribution in [3.05, 3.63) is 54.4 Å². The number of rotatable bonds is 2. The molecule has 0 amide bonds. The van der Waals surface area contributed by atoms with E-state index in [9.17, 15) is 0 Å². The predicted molar refractivity (Wildman–Crippen MR) is 59.1 cm³/mol. The van der Waals surface area contributed by atoms with Crippen molar-refractivity contribution in [1.29, 1.82) is 0 Å². The highest BCUT2D eigenvalue weighted by molar-refractivity contribution is 5.82. The summed E-state index contributed by atoms with van der Waals surface area (Å²) in [6.07, 6.45) is 4.91. The minimum Gasteiger partial charge on any atom is -0.411 e. The molecule has 0 saturated carbocycles. The van der Waals surface area contributed by atoms with Gasteiger partial charge in [-0.3, -0.25) is 4.98 Å². The fourth-order valence-corrected chi connectivity index (χ4v) is 1.41. The van der Waals surface area contributed by atoms with Crippen molar-refractivity contribution >= 4 is 6.21 Å². The molecule has 3 heteroatoms. The first-order valence-corrected chi connectivity index (χ1v) is 4.58. The Morgan fingerprint density at radius 3 is 2.60 bits per heavy atom. The highest BCUT2D eigenvalue weighted by atomic mass is 16.4. The van der Waals surface area contributed by atoms with Gasteiger partial charge < -0.3 is 5.21 Å². The Hall–Kier alpha value is -2.16. The van der Waals surface area contributed by atoms with Crippen molar-refractivity contribution in [3.63, 3.8) is 0 Å². The number of hydrogen-bond donors (Lipinski definition) is 1. The van der Waals surface area contributed by atoms with Crippen molar-refractivity contribution in [2.75, 3.05) is 0 Å². The monoisotopic (exact) mass is 198 g/mol. The van der Waals surface area contributed by atoms with Gasteiger partial charge in [0.2, 0.25) is 0 Å². The van der Waals surface area contributed by atoms with Gasteiger partial charge in [-0.2, -0.15) is 0 Å². The maximum absolute atomic E-state index is 8.44. The van der Waals surface area contributed by atoms with Crippen LogP contribution in [-0.2, 0) is 0 Å². The molecule has 2 aromatic rings. The Bertz CT molecular complexity index is 466. The molecule has 2 rings (SSSR count). The Balaban J connectivity index is 2.41. The van der Waals surface area contributed by atoms with E-state index >= 15 is 0 Å². The van der Waals surface area contributed by atoms with E-state index in [-0.39, 0.29) is 0 Å². The van der Waals surface area contributed by atoms with Gasteiger partial charge in [0.05, 0.1) is 6.21 Å². The van der Waals surface area contributed by atoms with Crippen LogP contribution in [0.2, 0.25) is 0 Å². The first kappa shape index (κ1) is 9.40. The summed E-state index contributed by atoms with van der Waals surface area (Å²) < 4.78 is 0. The summed E-state index contributed by atoms with van der Waals surface area (Å²) in [5.74, 6) is 0. The van der Waals surface area contributed by atoms with Crippen LogP contribution in [0.4, 0.5) is 0 Å². The van der Waals surface area contributed by atoms with Crippen molar-refractivity contribution in [3.8, 4) is 11.1 Å². The molecule has 0 unspecified atom stereocenters. The second-order valence-electron chi connectivity index (χ2n) is 3.11. The largest absolute Gasteiger partial charge is 0.411 e. The van der Waals surface area contributed by atoms with Gasteiger partial charge in [-0.25, -0.2) is 0 Å². The van der Waals surface area contributed by atoms with Crippen LogP contribution in [0.5, 0.6) is 0 Å². The normalized spacial score (nSPS) is 10.7. The first-order valence-electron chi connectivity index (χ1n) is 4.58. The summed E-state index contributed by atoms with van der Waals surface area (Å²) in [6, 6.07) is 11.6. The number of benzene rings is 1. The van der Waals surface area contributed by atoms with Crippen LogP contribution in [0.15, 0.2) is 53.9 Å². The number of pyridine rings is 1. The van der Waals surface area contributed by atoms with Gasteiger partial charge >= 0.3 is 0 Å². The van der Waals surface area contributed by atoms with E-state index in [0.717, 1.165) is 16.7 Å². The lowest BCUT2D eigenvalue weighted by atomic mass is 10.1. The molecule has 3 nitrogen and oxygen atoms in total. The number of oxime groups is 1. The summed E-state index contributed by atoms with van der Waals surface area (Å²) in [5, 5.41) is 11.4. The van der Waals surface area contributed by atoms with Crippen LogP contribution in [0.25, 0.3) is 11.1 Å². The maximum atomic E-state index is 8.44. The van der Waals surface area contributed by atoms with Crippen molar-refractivity contribution in [2.24, 2.45) is 5.16 Å². The predicted octanol–water partition coefficient (Wildman–Crippen LogP) is 2.56. The quantitative estimate of drug-likeness (QED) is 0.458. The van der Waals surface area contributed by atoms with Crippen LogP contribution in [-0.4, -0.2) is 16.4 Å². The molecule has 0 radical (unpaired) electrons. The Morgan fingerprint density at radius 1 is 1.07 bits per heavy atom. The summed E-state index contributed by atoms with van der Waals surface area (Å²) in [5.41, 5.74) is 3.04. The average molecular weight is 198 g/mol. The highest BCUT2D eigenvalue weighted by Crippen LogP contribution is 2.18. The van der Waals surface area contributed by atoms with Crippen molar-refractivity contribution in [1.82, 2.24) is 4.98 Å². The van der Waals surface area contributed by atoms with E-state index < -0.39 is 0 Å². The lowest BCUT2D eigenvalue weighted by Gasteiger charge is -2.01. The molecule has 0 saturated heterocycles. The zero-order valence-electron chi connectivity index (χ0n) is 8.04. The molecular formula is C12H10N2O. The standard InChI is InChI=1S/C12H10N2O/c15-14-9-10-2-1-3-12(8-10)11-4-6-13-7-5-11/h1-9,15H. The molecule has 1 N–H and O–H groups in total. The molecule has 0 bridgehead atoms. The SMILES string of the molecule is ON=Cc1cccc(-c2ccncc2)c1. The summed E-state index contributed by atoms with van der Waals surface area (Å²) in [6.45, 7) is 0. The van der Waals surface area contributed by atoms with Crippen molar-refractivity contribution in [2.45, 2.75) is 0 Å². The van der Waals surface area contributed by atoms with E-state index in [4.69, 9.17) is 5.21 Å². The lowest BCUT2D eigenvalue weighted by Crippen LogP contribution is -1.83. The molecular weight excluding hydrogens is 188 g/mol. The van der Waals surface area contributed by atoms with E-state index in [1.54, 1.807) is 12.4 Å². The van der Waals surface area contributed by atoms with Gasteiger partial charge in [0.15, 0.2) is 0 Å². The molecule has 0 aliphatic carbocycles. The Morgan fingerprint density at radius 2 is 1.87 bits per heavy atom. The van der Waals surface area contributed by atoms with Crippen LogP contribution in [0.1, 0.15) is 5.56 Å². The molecule has 0 aliphatic heterocycles. The number of nitrogens with zero attached hydrogens (tertiary/aromatic N) is 2. The average Bonchev–Trinajstić information content (AvgIpc) is 2.31. The summed E-state index contributed by atoms with van der Waals surface area (Å²) in [4.78, 5) is 3.96. The molecule has 0 aliphatic rings. The topological polar surface area (TPSA) is 45.5 Å². The highest BCUT2D eigenvalue weighted by Gasteiger charge is 1.96. The van der Waals surface area contributed by atoms with Gasteiger partial charge in [-0.05, 0) is 34.9 Å². The fourth-order valence-electron chi connectivity index (χ4n) is 1.41. The maximum Gasteiger partial charge on any atom is 0.0734 e. The van der Waals surface area contributed by atoms with E-state index in [2.05, 4.69) is 10.1 Å². The molecule has 1 aromatic carbocycles. The second-order valence-corrected chi connectivity index (χ2v) is 3.11. The Kier molecular flexibility index (Phi) is 2.74. The zero-order valence-corrected chi connectivity index (χ0v) is 8.04. The molecule has 1 heterocycles. The van der Waals surface area contributed by atoms with E-state index in [1.165, 1.54) is 6.21 Å². The zero-order chi connectivity index (χ0) is 10.5. The number of hydrogen-bond acceptors (Lipinski definition) is 3. The van der Waals surface area contributed by atoms with Crippen molar-refractivity contribution < 1.29 is 5.21 Å². The Labute approximate surface area is 87.7 Å². The minimum absolute atomic E-state index is 0.867. The second kappa shape index (κ2) is 4.37. The smallest absolute Gasteiger partial charge is 0.0734 e.